The number of benzene rings is 3. The Morgan fingerprint density at radius 3 is 2.33 bits per heavy atom. The molecule has 3 aromatic rings. The minimum absolute atomic E-state index is 0.0104. The predicted molar refractivity (Wildman–Crippen MR) is 122 cm³/mol. The van der Waals surface area contributed by atoms with Crippen LogP contribution in [0.2, 0.25) is 0 Å². The lowest BCUT2D eigenvalue weighted by atomic mass is 10.2. The van der Waals surface area contributed by atoms with Crippen LogP contribution in [0.25, 0.3) is 0 Å². The van der Waals surface area contributed by atoms with E-state index in [-0.39, 0.29) is 39.2 Å². The van der Waals surface area contributed by atoms with Crippen molar-refractivity contribution in [2.45, 2.75) is 23.3 Å². The van der Waals surface area contributed by atoms with Gasteiger partial charge in [-0.05, 0) is 42.0 Å². The zero-order valence-electron chi connectivity index (χ0n) is 17.6. The van der Waals surface area contributed by atoms with Gasteiger partial charge in [-0.3, -0.25) is 9.63 Å². The highest BCUT2D eigenvalue weighted by Crippen LogP contribution is 2.27. The van der Waals surface area contributed by atoms with Crippen LogP contribution in [-0.2, 0) is 31.3 Å². The third-order valence-electron chi connectivity index (χ3n) is 4.61. The van der Waals surface area contributed by atoms with Gasteiger partial charge in [-0.1, -0.05) is 48.2 Å². The minimum atomic E-state index is -4.08. The molecule has 3 N–H and O–H groups in total. The van der Waals surface area contributed by atoms with Gasteiger partial charge in [-0.15, -0.1) is 0 Å². The normalized spacial score (nSPS) is 11.8. The van der Waals surface area contributed by atoms with E-state index < -0.39 is 25.8 Å². The van der Waals surface area contributed by atoms with Gasteiger partial charge in [0.05, 0.1) is 27.8 Å². The Hall–Kier alpha value is -3.25. The zero-order valence-corrected chi connectivity index (χ0v) is 19.2. The van der Waals surface area contributed by atoms with Crippen LogP contribution in [-0.4, -0.2) is 33.6 Å². The maximum atomic E-state index is 12.7. The van der Waals surface area contributed by atoms with E-state index in [0.717, 1.165) is 23.8 Å². The largest absolute Gasteiger partial charge is 0.506 e. The number of phenolic OH excluding ortho intramolecular Hbond substituents is 1. The Labute approximate surface area is 192 Å². The predicted octanol–water partition coefficient (Wildman–Crippen LogP) is 2.85. The molecule has 3 rings (SSSR count). The molecule has 0 unspecified atom stereocenters. The molecule has 0 atom stereocenters. The zero-order chi connectivity index (χ0) is 24.1. The van der Waals surface area contributed by atoms with E-state index in [9.17, 15) is 26.7 Å². The van der Waals surface area contributed by atoms with Gasteiger partial charge in [0.1, 0.15) is 5.75 Å². The highest BCUT2D eigenvalue weighted by Gasteiger charge is 2.19. The quantitative estimate of drug-likeness (QED) is 0.310. The number of carbonyl (C=O) groups excluding carboxylic acids is 1. The van der Waals surface area contributed by atoms with Crippen LogP contribution in [0.4, 0.5) is 5.69 Å². The molecular weight excluding hydrogens is 468 g/mol. The van der Waals surface area contributed by atoms with E-state index in [1.807, 2.05) is 11.0 Å². The van der Waals surface area contributed by atoms with Crippen molar-refractivity contribution in [2.75, 3.05) is 11.1 Å². The van der Waals surface area contributed by atoms with Gasteiger partial charge in [-0.2, -0.15) is 0 Å². The Balaban J connectivity index is 1.75. The van der Waals surface area contributed by atoms with Crippen molar-refractivity contribution in [3.05, 3.63) is 83.9 Å². The van der Waals surface area contributed by atoms with Gasteiger partial charge < -0.3 is 10.4 Å². The summed E-state index contributed by atoms with van der Waals surface area (Å²) in [5.41, 5.74) is 0.622. The van der Waals surface area contributed by atoms with Crippen LogP contribution in [0.5, 0.6) is 5.75 Å². The number of carbonyl (C=O) groups is 1. The molecule has 3 aromatic carbocycles. The fourth-order valence-electron chi connectivity index (χ4n) is 2.79. The lowest BCUT2D eigenvalue weighted by Gasteiger charge is -2.11. The lowest BCUT2D eigenvalue weighted by Crippen LogP contribution is -2.24. The van der Waals surface area contributed by atoms with Gasteiger partial charge in [0.25, 0.3) is 15.9 Å². The van der Waals surface area contributed by atoms with Crippen molar-refractivity contribution >= 4 is 31.5 Å². The van der Waals surface area contributed by atoms with Crippen LogP contribution in [0.1, 0.15) is 22.8 Å². The standard InChI is InChI=1S/C22H22N2O7S2/c1-2-32(27,28)18-11-12-21(25)20(14-18)23-22(26)17-9-6-10-19(13-17)33(29,30)24-31-15-16-7-4-3-5-8-16/h3-14,24-25H,2,15H2,1H3,(H,23,26). The van der Waals surface area contributed by atoms with Crippen LogP contribution >= 0.6 is 0 Å². The second kappa shape index (κ2) is 10.1. The molecule has 0 radical (unpaired) electrons. The van der Waals surface area contributed by atoms with E-state index >= 15 is 0 Å². The summed E-state index contributed by atoms with van der Waals surface area (Å²) in [4.78, 5) is 19.5. The molecule has 1 amide bonds. The van der Waals surface area contributed by atoms with Crippen LogP contribution < -0.4 is 10.2 Å². The van der Waals surface area contributed by atoms with Crippen molar-refractivity contribution in [2.24, 2.45) is 0 Å². The Morgan fingerprint density at radius 1 is 0.909 bits per heavy atom. The first kappa shape index (κ1) is 24.4. The molecule has 11 heteroatoms. The van der Waals surface area contributed by atoms with Crippen molar-refractivity contribution < 1.29 is 31.6 Å². The number of anilines is 1. The summed E-state index contributed by atoms with van der Waals surface area (Å²) in [5.74, 6) is -1.22. The molecule has 0 heterocycles. The minimum Gasteiger partial charge on any atom is -0.506 e. The van der Waals surface area contributed by atoms with Gasteiger partial charge in [0.2, 0.25) is 0 Å². The number of sulfonamides is 1. The third kappa shape index (κ3) is 6.17. The van der Waals surface area contributed by atoms with Crippen LogP contribution in [0.3, 0.4) is 0 Å². The second-order valence-corrected chi connectivity index (χ2v) is 10.8. The second-order valence-electron chi connectivity index (χ2n) is 6.93. The molecule has 0 aromatic heterocycles. The Morgan fingerprint density at radius 2 is 1.64 bits per heavy atom. The van der Waals surface area contributed by atoms with E-state index in [4.69, 9.17) is 4.84 Å². The lowest BCUT2D eigenvalue weighted by molar-refractivity contribution is 0.0795. The van der Waals surface area contributed by atoms with Crippen LogP contribution in [0, 0.1) is 0 Å². The average molecular weight is 491 g/mol. The number of phenols is 1. The van der Waals surface area contributed by atoms with E-state index in [0.29, 0.717) is 0 Å². The van der Waals surface area contributed by atoms with E-state index in [1.165, 1.54) is 31.2 Å². The maximum Gasteiger partial charge on any atom is 0.262 e. The molecule has 0 bridgehead atoms. The molecule has 0 spiro atoms. The fraction of sp³-hybridized carbons (Fsp3) is 0.136. The molecular formula is C22H22N2O7S2. The summed E-state index contributed by atoms with van der Waals surface area (Å²) in [6, 6.07) is 17.7. The molecule has 0 aliphatic carbocycles. The number of aromatic hydroxyl groups is 1. The number of sulfone groups is 1. The van der Waals surface area contributed by atoms with Gasteiger partial charge >= 0.3 is 0 Å². The van der Waals surface area contributed by atoms with Crippen molar-refractivity contribution in [1.82, 2.24) is 4.89 Å². The SMILES string of the molecule is CCS(=O)(=O)c1ccc(O)c(NC(=O)c2cccc(S(=O)(=O)NOCc3ccccc3)c2)c1. The summed E-state index contributed by atoms with van der Waals surface area (Å²) >= 11 is 0. The first-order valence-electron chi connectivity index (χ1n) is 9.77. The molecule has 0 aliphatic heterocycles. The maximum absolute atomic E-state index is 12.7. The van der Waals surface area contributed by atoms with Gasteiger partial charge in [-0.25, -0.2) is 16.8 Å². The third-order valence-corrected chi connectivity index (χ3v) is 7.56. The first-order chi connectivity index (χ1) is 15.6. The van der Waals surface area contributed by atoms with Gasteiger partial charge in [0, 0.05) is 5.56 Å². The Bertz CT molecular complexity index is 1360. The summed E-state index contributed by atoms with van der Waals surface area (Å²) < 4.78 is 49.2. The topological polar surface area (TPSA) is 139 Å². The van der Waals surface area contributed by atoms with Crippen LogP contribution in [0.15, 0.2) is 82.6 Å². The van der Waals surface area contributed by atoms with Crippen molar-refractivity contribution in [3.63, 3.8) is 0 Å². The molecule has 0 aliphatic rings. The molecule has 0 saturated carbocycles. The highest BCUT2D eigenvalue weighted by molar-refractivity contribution is 7.91. The number of hydrogen-bond donors (Lipinski definition) is 3. The summed E-state index contributed by atoms with van der Waals surface area (Å²) in [5, 5.41) is 12.4. The van der Waals surface area contributed by atoms with E-state index in [1.54, 1.807) is 24.3 Å². The smallest absolute Gasteiger partial charge is 0.262 e. The fourth-order valence-corrected chi connectivity index (χ4v) is 4.54. The van der Waals surface area contributed by atoms with Crippen molar-refractivity contribution in [3.8, 4) is 5.75 Å². The average Bonchev–Trinajstić information content (AvgIpc) is 2.81. The summed E-state index contributed by atoms with van der Waals surface area (Å²) in [6.07, 6.45) is 0. The number of nitrogens with one attached hydrogen (secondary N) is 2. The monoisotopic (exact) mass is 490 g/mol. The number of hydrogen-bond acceptors (Lipinski definition) is 7. The number of rotatable bonds is 9. The molecule has 0 fully saturated rings. The molecule has 174 valence electrons. The Kier molecular flexibility index (Phi) is 7.49. The molecule has 9 nitrogen and oxygen atoms in total. The van der Waals surface area contributed by atoms with E-state index in [2.05, 4.69) is 5.32 Å². The van der Waals surface area contributed by atoms with Crippen molar-refractivity contribution in [1.29, 1.82) is 0 Å². The molecule has 33 heavy (non-hydrogen) atoms. The molecule has 0 saturated heterocycles. The first-order valence-corrected chi connectivity index (χ1v) is 12.9. The number of amides is 1. The van der Waals surface area contributed by atoms with Gasteiger partial charge in [0.15, 0.2) is 9.84 Å². The summed E-state index contributed by atoms with van der Waals surface area (Å²) in [6.45, 7) is 1.49. The highest BCUT2D eigenvalue weighted by atomic mass is 32.2. The summed E-state index contributed by atoms with van der Waals surface area (Å²) in [7, 11) is -7.63.